The number of thiazole rings is 1. The van der Waals surface area contributed by atoms with Gasteiger partial charge in [0, 0.05) is 23.4 Å². The minimum Gasteiger partial charge on any atom is -0.390 e. The molecule has 0 spiro atoms. The third-order valence-corrected chi connectivity index (χ3v) is 5.70. The number of benzene rings is 1. The summed E-state index contributed by atoms with van der Waals surface area (Å²) >= 11 is 1.79. The van der Waals surface area contributed by atoms with Gasteiger partial charge >= 0.3 is 0 Å². The van der Waals surface area contributed by atoms with Gasteiger partial charge in [0.05, 0.1) is 16.3 Å². The summed E-state index contributed by atoms with van der Waals surface area (Å²) in [6.07, 6.45) is 5.73. The number of amides is 1. The summed E-state index contributed by atoms with van der Waals surface area (Å²) in [5, 5.41) is 14.0. The molecule has 0 fully saturated rings. The van der Waals surface area contributed by atoms with Crippen LogP contribution >= 0.6 is 11.3 Å². The Labute approximate surface area is 153 Å². The molecule has 3 rings (SSSR count). The zero-order valence-electron chi connectivity index (χ0n) is 15.0. The van der Waals surface area contributed by atoms with Gasteiger partial charge in [0.15, 0.2) is 0 Å². The number of fused-ring (bicyclic) bond motifs is 1. The molecule has 0 unspecified atom stereocenters. The highest BCUT2D eigenvalue weighted by molar-refractivity contribution is 7.11. The minimum absolute atomic E-state index is 0.0470. The summed E-state index contributed by atoms with van der Waals surface area (Å²) in [5.41, 5.74) is 2.33. The first-order valence-corrected chi connectivity index (χ1v) is 9.79. The van der Waals surface area contributed by atoms with E-state index in [1.165, 1.54) is 17.0 Å². The Bertz CT molecular complexity index is 725. The molecule has 4 nitrogen and oxygen atoms in total. The second-order valence-corrected chi connectivity index (χ2v) is 8.52. The molecule has 0 saturated heterocycles. The molecular weight excluding hydrogens is 332 g/mol. The smallest absolute Gasteiger partial charge is 0.251 e. The SMILES string of the molecule is CC(C)(O)CCc1cccc(C(=O)NCCc2nc3c(s2)CCC3)c1. The first-order valence-electron chi connectivity index (χ1n) is 8.98. The second-order valence-electron chi connectivity index (χ2n) is 7.35. The van der Waals surface area contributed by atoms with Crippen LogP contribution in [0.4, 0.5) is 0 Å². The largest absolute Gasteiger partial charge is 0.390 e. The van der Waals surface area contributed by atoms with Crippen LogP contribution in [-0.2, 0) is 25.7 Å². The lowest BCUT2D eigenvalue weighted by atomic mass is 9.98. The van der Waals surface area contributed by atoms with Crippen LogP contribution in [0.25, 0.3) is 0 Å². The summed E-state index contributed by atoms with van der Waals surface area (Å²) < 4.78 is 0. The Kier molecular flexibility index (Phi) is 5.54. The fraction of sp³-hybridized carbons (Fsp3) is 0.500. The van der Waals surface area contributed by atoms with Gasteiger partial charge in [-0.1, -0.05) is 12.1 Å². The van der Waals surface area contributed by atoms with E-state index in [1.807, 2.05) is 24.3 Å². The summed E-state index contributed by atoms with van der Waals surface area (Å²) in [6, 6.07) is 7.65. The molecule has 0 bridgehead atoms. The number of hydrogen-bond acceptors (Lipinski definition) is 4. The van der Waals surface area contributed by atoms with Crippen LogP contribution in [0.2, 0.25) is 0 Å². The highest BCUT2D eigenvalue weighted by atomic mass is 32.1. The molecule has 5 heteroatoms. The number of rotatable bonds is 7. The first-order chi connectivity index (χ1) is 11.9. The van der Waals surface area contributed by atoms with E-state index in [0.29, 0.717) is 18.5 Å². The van der Waals surface area contributed by atoms with E-state index >= 15 is 0 Å². The average molecular weight is 359 g/mol. The van der Waals surface area contributed by atoms with Gasteiger partial charge in [-0.2, -0.15) is 0 Å². The fourth-order valence-electron chi connectivity index (χ4n) is 3.05. The van der Waals surface area contributed by atoms with E-state index in [0.717, 1.165) is 36.3 Å². The van der Waals surface area contributed by atoms with Gasteiger partial charge in [0.25, 0.3) is 5.91 Å². The van der Waals surface area contributed by atoms with Crippen LogP contribution in [0.3, 0.4) is 0 Å². The summed E-state index contributed by atoms with van der Waals surface area (Å²) in [7, 11) is 0. The number of carbonyl (C=O) groups excluding carboxylic acids is 1. The van der Waals surface area contributed by atoms with Gasteiger partial charge < -0.3 is 10.4 Å². The molecule has 1 aliphatic rings. The zero-order valence-corrected chi connectivity index (χ0v) is 15.8. The summed E-state index contributed by atoms with van der Waals surface area (Å²) in [5.74, 6) is -0.0470. The number of hydrogen-bond donors (Lipinski definition) is 2. The summed E-state index contributed by atoms with van der Waals surface area (Å²) in [4.78, 5) is 18.4. The Morgan fingerprint density at radius 2 is 2.16 bits per heavy atom. The maximum atomic E-state index is 12.4. The van der Waals surface area contributed by atoms with Crippen molar-refractivity contribution in [3.8, 4) is 0 Å². The van der Waals surface area contributed by atoms with Crippen molar-refractivity contribution in [3.05, 3.63) is 51.0 Å². The van der Waals surface area contributed by atoms with E-state index in [2.05, 4.69) is 10.3 Å². The lowest BCUT2D eigenvalue weighted by Crippen LogP contribution is -2.25. The molecule has 0 radical (unpaired) electrons. The standard InChI is InChI=1S/C20H26N2O2S/c1-20(2,24)11-9-14-5-3-6-15(13-14)19(23)21-12-10-18-22-16-7-4-8-17(16)25-18/h3,5-6,13,24H,4,7-12H2,1-2H3,(H,21,23). The van der Waals surface area contributed by atoms with Gasteiger partial charge in [-0.3, -0.25) is 4.79 Å². The molecule has 1 aliphatic carbocycles. The monoisotopic (exact) mass is 358 g/mol. The number of carbonyl (C=O) groups is 1. The molecule has 2 N–H and O–H groups in total. The van der Waals surface area contributed by atoms with Crippen molar-refractivity contribution in [1.29, 1.82) is 0 Å². The maximum Gasteiger partial charge on any atom is 0.251 e. The van der Waals surface area contributed by atoms with Crippen molar-refractivity contribution >= 4 is 17.2 Å². The van der Waals surface area contributed by atoms with Crippen molar-refractivity contribution in [2.24, 2.45) is 0 Å². The molecule has 1 aromatic carbocycles. The van der Waals surface area contributed by atoms with Crippen LogP contribution in [0, 0.1) is 0 Å². The van der Waals surface area contributed by atoms with Crippen LogP contribution in [0.15, 0.2) is 24.3 Å². The van der Waals surface area contributed by atoms with Gasteiger partial charge in [0.2, 0.25) is 0 Å². The Balaban J connectivity index is 1.50. The van der Waals surface area contributed by atoms with Crippen LogP contribution in [-0.4, -0.2) is 28.1 Å². The molecule has 1 heterocycles. The van der Waals surface area contributed by atoms with E-state index in [-0.39, 0.29) is 5.91 Å². The number of aliphatic hydroxyl groups is 1. The van der Waals surface area contributed by atoms with Crippen LogP contribution in [0.5, 0.6) is 0 Å². The third-order valence-electron chi connectivity index (χ3n) is 4.48. The lowest BCUT2D eigenvalue weighted by molar-refractivity contribution is 0.0714. The predicted octanol–water partition coefficient (Wildman–Crippen LogP) is 3.31. The van der Waals surface area contributed by atoms with Crippen molar-refractivity contribution in [1.82, 2.24) is 10.3 Å². The third kappa shape index (κ3) is 5.13. The fourth-order valence-corrected chi connectivity index (χ4v) is 4.21. The van der Waals surface area contributed by atoms with Gasteiger partial charge in [-0.25, -0.2) is 4.98 Å². The molecule has 0 saturated carbocycles. The average Bonchev–Trinajstić information content (AvgIpc) is 3.14. The highest BCUT2D eigenvalue weighted by Gasteiger charge is 2.17. The van der Waals surface area contributed by atoms with Crippen molar-refractivity contribution < 1.29 is 9.90 Å². The quantitative estimate of drug-likeness (QED) is 0.798. The topological polar surface area (TPSA) is 62.2 Å². The second kappa shape index (κ2) is 7.67. The Morgan fingerprint density at radius 3 is 2.92 bits per heavy atom. The number of nitrogens with one attached hydrogen (secondary N) is 1. The van der Waals surface area contributed by atoms with E-state index in [9.17, 15) is 9.90 Å². The molecule has 1 aromatic heterocycles. The summed E-state index contributed by atoms with van der Waals surface area (Å²) in [6.45, 7) is 4.22. The van der Waals surface area contributed by atoms with Crippen molar-refractivity contribution in [2.75, 3.05) is 6.54 Å². The number of nitrogens with zero attached hydrogens (tertiary/aromatic N) is 1. The zero-order chi connectivity index (χ0) is 17.9. The van der Waals surface area contributed by atoms with Crippen molar-refractivity contribution in [2.45, 2.75) is 58.0 Å². The number of aromatic nitrogens is 1. The normalized spacial score (nSPS) is 13.7. The molecule has 134 valence electrons. The Hall–Kier alpha value is -1.72. The molecular formula is C20H26N2O2S. The predicted molar refractivity (Wildman–Crippen MR) is 101 cm³/mol. The molecule has 1 amide bonds. The van der Waals surface area contributed by atoms with E-state index < -0.39 is 5.60 Å². The van der Waals surface area contributed by atoms with Gasteiger partial charge in [0.1, 0.15) is 0 Å². The van der Waals surface area contributed by atoms with E-state index in [1.54, 1.807) is 25.2 Å². The number of aryl methyl sites for hydroxylation is 3. The molecule has 2 aromatic rings. The minimum atomic E-state index is -0.688. The molecule has 0 aliphatic heterocycles. The van der Waals surface area contributed by atoms with Crippen molar-refractivity contribution in [3.63, 3.8) is 0 Å². The maximum absolute atomic E-state index is 12.4. The first kappa shape index (κ1) is 18.1. The molecule has 25 heavy (non-hydrogen) atoms. The van der Waals surface area contributed by atoms with Gasteiger partial charge in [-0.15, -0.1) is 11.3 Å². The van der Waals surface area contributed by atoms with Crippen LogP contribution in [0.1, 0.15) is 58.2 Å². The molecule has 0 atom stereocenters. The van der Waals surface area contributed by atoms with Crippen LogP contribution < -0.4 is 5.32 Å². The Morgan fingerprint density at radius 1 is 1.32 bits per heavy atom. The van der Waals surface area contributed by atoms with Gasteiger partial charge in [-0.05, 0) is 63.6 Å². The lowest BCUT2D eigenvalue weighted by Gasteiger charge is -2.16. The van der Waals surface area contributed by atoms with E-state index in [4.69, 9.17) is 0 Å². The highest BCUT2D eigenvalue weighted by Crippen LogP contribution is 2.27.